The first-order chi connectivity index (χ1) is 64.7. The van der Waals surface area contributed by atoms with Crippen molar-refractivity contribution in [2.24, 2.45) is 53.3 Å². The number of rotatable bonds is 86. The van der Waals surface area contributed by atoms with Crippen molar-refractivity contribution in [2.45, 2.75) is 612 Å². The maximum atomic E-state index is 14.5. The summed E-state index contributed by atoms with van der Waals surface area (Å²) in [4.78, 5) is 28.9. The summed E-state index contributed by atoms with van der Waals surface area (Å²) < 4.78 is 73.9. The summed E-state index contributed by atoms with van der Waals surface area (Å²) in [5.41, 5.74) is 1.22. The molecule has 3 aliphatic heterocycles. The summed E-state index contributed by atoms with van der Waals surface area (Å²) in [6.07, 6.45) is 61.9. The predicted molar refractivity (Wildman–Crippen MR) is 552 cm³/mol. The molecule has 3 fully saturated rings. The van der Waals surface area contributed by atoms with Gasteiger partial charge in [-0.1, -0.05) is 397 Å². The molecule has 12 unspecified atom stereocenters. The van der Waals surface area contributed by atoms with Crippen molar-refractivity contribution in [1.29, 1.82) is 0 Å². The fourth-order valence-electron chi connectivity index (χ4n) is 22.3. The van der Waals surface area contributed by atoms with E-state index >= 15 is 0 Å². The molecule has 1 aromatic carbocycles. The van der Waals surface area contributed by atoms with E-state index in [1.165, 1.54) is 322 Å². The molecule has 4 N–H and O–H groups in total. The molecule has 18 heteroatoms. The normalized spacial score (nSPS) is 25.1. The van der Waals surface area contributed by atoms with E-state index in [0.717, 1.165) is 102 Å². The Morgan fingerprint density at radius 1 is 0.313 bits per heavy atom. The molecule has 0 aromatic heterocycles. The van der Waals surface area contributed by atoms with E-state index in [1.807, 2.05) is 19.1 Å². The zero-order chi connectivity index (χ0) is 98.1. The SMILES string of the molecule is CCCCCCCCCCCCCCCCCCC(C)CC(C)CC(C)CC(C)C(=O)OC(CCCCCCCCCCCCCCCCc1ccc(O[C@@H]2O[C@@H](C)[C@H](O)[C@@H](O[C@@H]3O[C@@H](C)[C@H](O)[C@@H](O[C@@H]4O[C@@H](C)[C@@H](OC)[C@@H](OC)[C@@H]4OC)[C@H]3O)[C@H]2OC)cc1)CC(CCCCC(C)C(O)CC)OC(=O)C(C)CC(C)CC(C)CC(C)CCCCCCCCCCCCCCCCCC. The lowest BCUT2D eigenvalue weighted by molar-refractivity contribution is -0.375. The molecule has 0 amide bonds. The molecule has 1 aromatic rings. The minimum Gasteiger partial charge on any atom is -0.462 e. The quantitative estimate of drug-likeness (QED) is 0.0351. The summed E-state index contributed by atoms with van der Waals surface area (Å²) in [6.45, 7) is 32.6. The third-order valence-electron chi connectivity index (χ3n) is 30.6. The molecule has 0 aliphatic carbocycles. The molecular weight excluding hydrogens is 1680 g/mol. The second-order valence-corrected chi connectivity index (χ2v) is 44.0. The van der Waals surface area contributed by atoms with Gasteiger partial charge in [0, 0.05) is 34.9 Å². The van der Waals surface area contributed by atoms with Crippen LogP contribution in [0.2, 0.25) is 0 Å². The number of methoxy groups -OCH3 is 4. The molecule has 0 spiro atoms. The summed E-state index contributed by atoms with van der Waals surface area (Å²) in [5, 5.41) is 45.3. The van der Waals surface area contributed by atoms with Crippen LogP contribution in [0.4, 0.5) is 0 Å². The van der Waals surface area contributed by atoms with Crippen LogP contribution in [0.1, 0.15) is 501 Å². The van der Waals surface area contributed by atoms with Gasteiger partial charge in [-0.3, -0.25) is 9.59 Å². The number of aryl methyl sites for hydroxylation is 1. The lowest BCUT2D eigenvalue weighted by atomic mass is 9.84. The molecule has 3 heterocycles. The van der Waals surface area contributed by atoms with E-state index in [1.54, 1.807) is 28.1 Å². The van der Waals surface area contributed by atoms with Crippen LogP contribution in [-0.2, 0) is 68.1 Å². The summed E-state index contributed by atoms with van der Waals surface area (Å²) >= 11 is 0. The van der Waals surface area contributed by atoms with Gasteiger partial charge in [0.05, 0.1) is 36.3 Å². The van der Waals surface area contributed by atoms with E-state index in [9.17, 15) is 30.0 Å². The van der Waals surface area contributed by atoms with Crippen LogP contribution in [0, 0.1) is 53.3 Å². The van der Waals surface area contributed by atoms with Crippen molar-refractivity contribution in [3.8, 4) is 5.75 Å². The Balaban J connectivity index is 1.23. The van der Waals surface area contributed by atoms with Crippen LogP contribution in [0.3, 0.4) is 0 Å². The fourth-order valence-corrected chi connectivity index (χ4v) is 22.3. The van der Waals surface area contributed by atoms with E-state index in [4.69, 9.17) is 56.8 Å². The highest BCUT2D eigenvalue weighted by atomic mass is 16.8. The number of hydrogen-bond acceptors (Lipinski definition) is 18. The number of carbonyl (C=O) groups excluding carboxylic acids is 2. The van der Waals surface area contributed by atoms with Gasteiger partial charge >= 0.3 is 11.9 Å². The second kappa shape index (κ2) is 77.0. The molecule has 0 radical (unpaired) electrons. The molecule has 134 heavy (non-hydrogen) atoms. The summed E-state index contributed by atoms with van der Waals surface area (Å²) in [7, 11) is 6.10. The standard InChI is InChI=1S/C116H216O18/c1-20-23-25-27-29-31-33-35-37-39-43-47-51-55-59-63-69-86(4)79-88(6)81-90(8)83-93(11)112(121)130-100(85-101(74-68-67-71-92(10)102(117)22-3)131-113(122)94(12)84-91(9)82-89(7)80-87(5)70-64-60-56-52-48-44-40-38-36-34-32-30-28-26-24-21-2)73-66-62-58-54-50-46-42-41-45-49-53-57-61-65-72-98-75-77-99(78-76-98)132-115-110(125-18)108(104(119)96(14)128-115)134-114-105(120)107(103(118)95(13)127-114)133-116-111(126-19)109(124-17)106(123-16)97(15)129-116/h75-78,86-97,100-111,114-120H,20-74,79-85H2,1-19H3/t86?,87?,88?,89?,90?,91?,92?,93?,94?,95-,96-,97-,100?,101?,102?,103-,104-,105+,106+,107+,108+,109+,110+,111-,114-,115-,116-/m0/s1. The average molecular weight is 1900 g/mol. The van der Waals surface area contributed by atoms with Crippen molar-refractivity contribution >= 4 is 11.9 Å². The van der Waals surface area contributed by atoms with Crippen LogP contribution in [0.5, 0.6) is 5.75 Å². The fraction of sp³-hybridized carbons (Fsp3) is 0.931. The number of carbonyl (C=O) groups is 2. The third kappa shape index (κ3) is 53.7. The molecule has 18 nitrogen and oxygen atoms in total. The molecule has 788 valence electrons. The smallest absolute Gasteiger partial charge is 0.308 e. The van der Waals surface area contributed by atoms with Gasteiger partial charge in [-0.25, -0.2) is 0 Å². The minimum atomic E-state index is -1.53. The molecule has 4 rings (SSSR count). The average Bonchev–Trinajstić information content (AvgIpc) is 0.776. The first kappa shape index (κ1) is 124. The number of ether oxygens (including phenoxy) is 12. The van der Waals surface area contributed by atoms with Gasteiger partial charge in [-0.05, 0) is 170 Å². The van der Waals surface area contributed by atoms with Crippen LogP contribution in [0.15, 0.2) is 24.3 Å². The molecular formula is C116H216O18. The van der Waals surface area contributed by atoms with Crippen molar-refractivity contribution in [3.05, 3.63) is 29.8 Å². The van der Waals surface area contributed by atoms with Crippen molar-refractivity contribution < 1.29 is 86.9 Å². The monoisotopic (exact) mass is 1900 g/mol. The number of unbranched alkanes of at least 4 members (excludes halogenated alkanes) is 44. The highest BCUT2D eigenvalue weighted by Crippen LogP contribution is 2.38. The van der Waals surface area contributed by atoms with Gasteiger partial charge < -0.3 is 77.3 Å². The molecule has 27 atom stereocenters. The van der Waals surface area contributed by atoms with Crippen molar-refractivity contribution in [3.63, 3.8) is 0 Å². The highest BCUT2D eigenvalue weighted by molar-refractivity contribution is 5.72. The van der Waals surface area contributed by atoms with Crippen LogP contribution >= 0.6 is 0 Å². The zero-order valence-corrected chi connectivity index (χ0v) is 90.2. The number of esters is 2. The Labute approximate surface area is 823 Å². The number of hydrogen-bond donors (Lipinski definition) is 4. The first-order valence-electron chi connectivity index (χ1n) is 57.0. The maximum absolute atomic E-state index is 14.5. The predicted octanol–water partition coefficient (Wildman–Crippen LogP) is 29.5. The third-order valence-corrected chi connectivity index (χ3v) is 30.6. The van der Waals surface area contributed by atoms with E-state index < -0.39 is 92.1 Å². The largest absolute Gasteiger partial charge is 0.462 e. The Hall–Kier alpha value is -2.56. The molecule has 3 aliphatic rings. The van der Waals surface area contributed by atoms with Gasteiger partial charge in [-0.15, -0.1) is 0 Å². The topological polar surface area (TPSA) is 226 Å². The van der Waals surface area contributed by atoms with E-state index in [0.29, 0.717) is 35.8 Å². The van der Waals surface area contributed by atoms with Gasteiger partial charge in [0.1, 0.15) is 72.9 Å². The Morgan fingerprint density at radius 3 is 1.00 bits per heavy atom. The summed E-state index contributed by atoms with van der Waals surface area (Å²) in [5.74, 6) is 3.66. The van der Waals surface area contributed by atoms with E-state index in [-0.39, 0.29) is 48.0 Å². The van der Waals surface area contributed by atoms with Gasteiger partial charge in [0.15, 0.2) is 12.6 Å². The van der Waals surface area contributed by atoms with Crippen LogP contribution < -0.4 is 4.74 Å². The first-order valence-corrected chi connectivity index (χ1v) is 57.0. The maximum Gasteiger partial charge on any atom is 0.308 e. The second-order valence-electron chi connectivity index (χ2n) is 44.0. The van der Waals surface area contributed by atoms with Crippen LogP contribution in [-0.4, -0.2) is 171 Å². The lowest BCUT2D eigenvalue weighted by Crippen LogP contribution is -2.66. The van der Waals surface area contributed by atoms with Gasteiger partial charge in [0.25, 0.3) is 0 Å². The van der Waals surface area contributed by atoms with Gasteiger partial charge in [-0.2, -0.15) is 0 Å². The Kier molecular flexibility index (Phi) is 71.1. The Morgan fingerprint density at radius 2 is 0.619 bits per heavy atom. The lowest BCUT2D eigenvalue weighted by Gasteiger charge is -2.49. The summed E-state index contributed by atoms with van der Waals surface area (Å²) in [6, 6.07) is 8.02. The van der Waals surface area contributed by atoms with Crippen LogP contribution in [0.25, 0.3) is 0 Å². The van der Waals surface area contributed by atoms with Crippen molar-refractivity contribution in [2.75, 3.05) is 28.4 Å². The van der Waals surface area contributed by atoms with Crippen molar-refractivity contribution in [1.82, 2.24) is 0 Å². The number of aliphatic hydroxyl groups is 4. The van der Waals surface area contributed by atoms with E-state index in [2.05, 4.69) is 95.2 Å². The van der Waals surface area contributed by atoms with Gasteiger partial charge in [0.2, 0.25) is 6.29 Å². The minimum absolute atomic E-state index is 0.0971. The highest BCUT2D eigenvalue weighted by Gasteiger charge is 2.54. The Bertz CT molecular complexity index is 2890. The molecule has 0 bridgehead atoms. The zero-order valence-electron chi connectivity index (χ0n) is 90.2. The molecule has 3 saturated heterocycles. The molecule has 0 saturated carbocycles. The number of aliphatic hydroxyl groups excluding tert-OH is 4. The number of benzene rings is 1.